The quantitative estimate of drug-likeness (QED) is 0.841. The van der Waals surface area contributed by atoms with E-state index in [1.165, 1.54) is 0 Å². The molecule has 0 aliphatic heterocycles. The van der Waals surface area contributed by atoms with Gasteiger partial charge in [0, 0.05) is 16.7 Å². The highest BCUT2D eigenvalue weighted by Gasteiger charge is 2.11. The lowest BCUT2D eigenvalue weighted by molar-refractivity contribution is 0.0941. The molecule has 0 aromatic carbocycles. The summed E-state index contributed by atoms with van der Waals surface area (Å²) < 4.78 is 0.689. The Bertz CT molecular complexity index is 352. The van der Waals surface area contributed by atoms with Gasteiger partial charge in [0.2, 0.25) is 0 Å². The number of amides is 1. The third-order valence-corrected chi connectivity index (χ3v) is 2.33. The number of nitrogens with zero attached hydrogens (tertiary/aromatic N) is 1. The van der Waals surface area contributed by atoms with E-state index in [2.05, 4.69) is 32.8 Å². The van der Waals surface area contributed by atoms with Crippen LogP contribution in [-0.4, -0.2) is 16.9 Å². The van der Waals surface area contributed by atoms with Crippen LogP contribution in [0.5, 0.6) is 0 Å². The molecule has 74 valence electrons. The number of nitrogens with one attached hydrogen (secondary N) is 1. The van der Waals surface area contributed by atoms with E-state index < -0.39 is 0 Å². The summed E-state index contributed by atoms with van der Waals surface area (Å²) in [4.78, 5) is 15.6. The van der Waals surface area contributed by atoms with Gasteiger partial charge in [-0.2, -0.15) is 0 Å². The van der Waals surface area contributed by atoms with Crippen molar-refractivity contribution in [1.29, 1.82) is 0 Å². The first kappa shape index (κ1) is 10.9. The van der Waals surface area contributed by atoms with Crippen molar-refractivity contribution < 1.29 is 4.79 Å². The number of halogens is 1. The summed E-state index contributed by atoms with van der Waals surface area (Å²) in [6, 6.07) is 3.48. The molecule has 0 aliphatic rings. The smallest absolute Gasteiger partial charge is 0.271 e. The van der Waals surface area contributed by atoms with Crippen LogP contribution in [0.1, 0.15) is 17.4 Å². The molecule has 0 fully saturated rings. The van der Waals surface area contributed by atoms with Crippen molar-refractivity contribution in [3.05, 3.63) is 41.2 Å². The van der Waals surface area contributed by atoms with Gasteiger partial charge in [0.15, 0.2) is 0 Å². The summed E-state index contributed by atoms with van der Waals surface area (Å²) in [5.41, 5.74) is 0.390. The summed E-state index contributed by atoms with van der Waals surface area (Å²) in [5, 5.41) is 2.74. The van der Waals surface area contributed by atoms with Crippen LogP contribution in [0.2, 0.25) is 0 Å². The molecule has 4 heteroatoms. The number of carbonyl (C=O) groups excluding carboxylic acids is 1. The van der Waals surface area contributed by atoms with Crippen LogP contribution in [-0.2, 0) is 0 Å². The molecule has 0 radical (unpaired) electrons. The molecule has 0 spiro atoms. The second kappa shape index (κ2) is 4.91. The first-order valence-corrected chi connectivity index (χ1v) is 4.98. The number of hydrogen-bond donors (Lipinski definition) is 1. The maximum absolute atomic E-state index is 11.6. The average molecular weight is 255 g/mol. The maximum Gasteiger partial charge on any atom is 0.271 e. The van der Waals surface area contributed by atoms with Crippen molar-refractivity contribution in [2.45, 2.75) is 13.0 Å². The van der Waals surface area contributed by atoms with Gasteiger partial charge in [-0.3, -0.25) is 4.79 Å². The molecule has 1 atom stereocenters. The van der Waals surface area contributed by atoms with Gasteiger partial charge in [0.1, 0.15) is 5.69 Å². The molecule has 3 nitrogen and oxygen atoms in total. The Morgan fingerprint density at radius 3 is 3.07 bits per heavy atom. The molecule has 0 saturated carbocycles. The zero-order valence-corrected chi connectivity index (χ0v) is 9.41. The molecular formula is C10H11BrN2O. The second-order valence-corrected chi connectivity index (χ2v) is 3.69. The van der Waals surface area contributed by atoms with Gasteiger partial charge in [-0.15, -0.1) is 6.58 Å². The minimum atomic E-state index is -0.204. The van der Waals surface area contributed by atoms with Crippen molar-refractivity contribution >= 4 is 21.8 Å². The van der Waals surface area contributed by atoms with Crippen molar-refractivity contribution in [2.24, 2.45) is 0 Å². The Hall–Kier alpha value is -1.16. The summed E-state index contributed by atoms with van der Waals surface area (Å²) in [6.07, 6.45) is 3.24. The van der Waals surface area contributed by atoms with Crippen LogP contribution in [0.15, 0.2) is 35.5 Å². The Labute approximate surface area is 91.4 Å². The Morgan fingerprint density at radius 2 is 2.50 bits per heavy atom. The number of pyridine rings is 1. The molecule has 1 amide bonds. The SMILES string of the molecule is C=C[C@@H](C)NC(=O)c1ncccc1Br. The fourth-order valence-electron chi connectivity index (χ4n) is 0.887. The number of rotatable bonds is 3. The summed E-state index contributed by atoms with van der Waals surface area (Å²) in [6.45, 7) is 5.43. The van der Waals surface area contributed by atoms with E-state index in [4.69, 9.17) is 0 Å². The number of carbonyl (C=O) groups is 1. The molecule has 1 aromatic heterocycles. The first-order valence-electron chi connectivity index (χ1n) is 4.19. The molecule has 1 aromatic rings. The third-order valence-electron chi connectivity index (χ3n) is 1.69. The van der Waals surface area contributed by atoms with Gasteiger partial charge in [-0.25, -0.2) is 4.98 Å². The van der Waals surface area contributed by atoms with Crippen LogP contribution in [0.25, 0.3) is 0 Å². The average Bonchev–Trinajstić information content (AvgIpc) is 2.18. The lowest BCUT2D eigenvalue weighted by Gasteiger charge is -2.09. The standard InChI is InChI=1S/C10H11BrN2O/c1-3-7(2)13-10(14)9-8(11)5-4-6-12-9/h3-7H,1H2,2H3,(H,13,14)/t7-/m1/s1. The van der Waals surface area contributed by atoms with Crippen molar-refractivity contribution in [3.63, 3.8) is 0 Å². The first-order chi connectivity index (χ1) is 6.65. The van der Waals surface area contributed by atoms with Crippen LogP contribution >= 0.6 is 15.9 Å². The number of aromatic nitrogens is 1. The van der Waals surface area contributed by atoms with Crippen molar-refractivity contribution in [3.8, 4) is 0 Å². The molecule has 0 saturated heterocycles. The Morgan fingerprint density at radius 1 is 1.79 bits per heavy atom. The lowest BCUT2D eigenvalue weighted by Crippen LogP contribution is -2.31. The van der Waals surface area contributed by atoms with Gasteiger partial charge >= 0.3 is 0 Å². The molecule has 0 bridgehead atoms. The fraction of sp³-hybridized carbons (Fsp3) is 0.200. The molecular weight excluding hydrogens is 244 g/mol. The molecule has 14 heavy (non-hydrogen) atoms. The van der Waals surface area contributed by atoms with Gasteiger partial charge < -0.3 is 5.32 Å². The molecule has 1 heterocycles. The van der Waals surface area contributed by atoms with Crippen LogP contribution in [0.4, 0.5) is 0 Å². The Balaban J connectivity index is 2.80. The molecule has 0 unspecified atom stereocenters. The molecule has 1 rings (SSSR count). The summed E-state index contributed by atoms with van der Waals surface area (Å²) in [5.74, 6) is -0.204. The fourth-order valence-corrected chi connectivity index (χ4v) is 1.32. The largest absolute Gasteiger partial charge is 0.345 e. The van der Waals surface area contributed by atoms with E-state index in [0.717, 1.165) is 0 Å². The third kappa shape index (κ3) is 2.67. The van der Waals surface area contributed by atoms with Crippen LogP contribution in [0.3, 0.4) is 0 Å². The van der Waals surface area contributed by atoms with E-state index in [9.17, 15) is 4.79 Å². The van der Waals surface area contributed by atoms with Gasteiger partial charge in [-0.1, -0.05) is 6.08 Å². The van der Waals surface area contributed by atoms with E-state index in [1.54, 1.807) is 24.4 Å². The van der Waals surface area contributed by atoms with Crippen LogP contribution < -0.4 is 5.32 Å². The van der Waals surface area contributed by atoms with E-state index in [0.29, 0.717) is 10.2 Å². The van der Waals surface area contributed by atoms with E-state index in [1.807, 2.05) is 6.92 Å². The second-order valence-electron chi connectivity index (χ2n) is 2.83. The van der Waals surface area contributed by atoms with Gasteiger partial charge in [0.25, 0.3) is 5.91 Å². The zero-order chi connectivity index (χ0) is 10.6. The number of hydrogen-bond acceptors (Lipinski definition) is 2. The normalized spacial score (nSPS) is 11.9. The summed E-state index contributed by atoms with van der Waals surface area (Å²) >= 11 is 3.26. The topological polar surface area (TPSA) is 42.0 Å². The highest BCUT2D eigenvalue weighted by atomic mass is 79.9. The van der Waals surface area contributed by atoms with Gasteiger partial charge in [0.05, 0.1) is 0 Å². The maximum atomic E-state index is 11.6. The summed E-state index contributed by atoms with van der Waals surface area (Å²) in [7, 11) is 0. The predicted molar refractivity (Wildman–Crippen MR) is 59.1 cm³/mol. The highest BCUT2D eigenvalue weighted by molar-refractivity contribution is 9.10. The predicted octanol–water partition coefficient (Wildman–Crippen LogP) is 2.15. The van der Waals surface area contributed by atoms with Crippen LogP contribution in [0, 0.1) is 0 Å². The van der Waals surface area contributed by atoms with Crippen molar-refractivity contribution in [1.82, 2.24) is 10.3 Å². The zero-order valence-electron chi connectivity index (χ0n) is 7.83. The minimum absolute atomic E-state index is 0.0589. The monoisotopic (exact) mass is 254 g/mol. The minimum Gasteiger partial charge on any atom is -0.345 e. The molecule has 1 N–H and O–H groups in total. The lowest BCUT2D eigenvalue weighted by atomic mass is 10.3. The Kier molecular flexibility index (Phi) is 3.83. The van der Waals surface area contributed by atoms with Crippen molar-refractivity contribution in [2.75, 3.05) is 0 Å². The van der Waals surface area contributed by atoms with Gasteiger partial charge in [-0.05, 0) is 35.0 Å². The van der Waals surface area contributed by atoms with E-state index >= 15 is 0 Å². The highest BCUT2D eigenvalue weighted by Crippen LogP contribution is 2.12. The van der Waals surface area contributed by atoms with E-state index in [-0.39, 0.29) is 11.9 Å². The molecule has 0 aliphatic carbocycles.